The minimum atomic E-state index is -3.55. The van der Waals surface area contributed by atoms with E-state index in [0.717, 1.165) is 0 Å². The number of aliphatic carboxylic acids is 1. The Morgan fingerprint density at radius 3 is 2.47 bits per heavy atom. The third-order valence-electron chi connectivity index (χ3n) is 2.48. The van der Waals surface area contributed by atoms with Crippen molar-refractivity contribution in [2.45, 2.75) is 18.9 Å². The van der Waals surface area contributed by atoms with Gasteiger partial charge in [0.25, 0.3) is 0 Å². The highest BCUT2D eigenvalue weighted by Gasteiger charge is 2.14. The third kappa shape index (κ3) is 6.32. The number of carboxylic acids is 1. The molecule has 1 atom stereocenters. The van der Waals surface area contributed by atoms with Gasteiger partial charge in [-0.3, -0.25) is 4.79 Å². The van der Waals surface area contributed by atoms with Gasteiger partial charge in [-0.1, -0.05) is 30.3 Å². The van der Waals surface area contributed by atoms with Crippen LogP contribution in [0.1, 0.15) is 24.5 Å². The second-order valence-corrected chi connectivity index (χ2v) is 6.02. The Bertz CT molecular complexity index is 500. The molecule has 6 nitrogen and oxygen atoms in total. The van der Waals surface area contributed by atoms with Crippen LogP contribution in [0.3, 0.4) is 0 Å². The predicted octanol–water partition coefficient (Wildman–Crippen LogP) is 0.504. The van der Waals surface area contributed by atoms with E-state index >= 15 is 0 Å². The summed E-state index contributed by atoms with van der Waals surface area (Å²) in [4.78, 5) is 10.3. The highest BCUT2D eigenvalue weighted by atomic mass is 32.2. The SMILES string of the molecule is O=C(O)CCCS(=O)(=O)NCC(O)c1ccccc1. The first-order valence-corrected chi connectivity index (χ1v) is 7.48. The quantitative estimate of drug-likeness (QED) is 0.646. The van der Waals surface area contributed by atoms with E-state index in [1.807, 2.05) is 0 Å². The monoisotopic (exact) mass is 287 g/mol. The second-order valence-electron chi connectivity index (χ2n) is 4.09. The van der Waals surface area contributed by atoms with Gasteiger partial charge in [0, 0.05) is 13.0 Å². The normalized spacial score (nSPS) is 13.1. The molecular weight excluding hydrogens is 270 g/mol. The number of nitrogens with one attached hydrogen (secondary N) is 1. The van der Waals surface area contributed by atoms with Crippen LogP contribution in [0.2, 0.25) is 0 Å². The van der Waals surface area contributed by atoms with Crippen molar-refractivity contribution in [3.63, 3.8) is 0 Å². The zero-order chi connectivity index (χ0) is 14.3. The lowest BCUT2D eigenvalue weighted by Crippen LogP contribution is -2.30. The molecule has 3 N–H and O–H groups in total. The molecule has 1 rings (SSSR count). The number of hydrogen-bond donors (Lipinski definition) is 3. The summed E-state index contributed by atoms with van der Waals surface area (Å²) in [5, 5.41) is 18.2. The second kappa shape index (κ2) is 7.22. The average molecular weight is 287 g/mol. The van der Waals surface area contributed by atoms with E-state index in [-0.39, 0.29) is 25.1 Å². The fourth-order valence-corrected chi connectivity index (χ4v) is 2.57. The van der Waals surface area contributed by atoms with Crippen LogP contribution in [0, 0.1) is 0 Å². The first-order valence-electron chi connectivity index (χ1n) is 5.83. The molecule has 0 saturated carbocycles. The van der Waals surface area contributed by atoms with E-state index in [9.17, 15) is 18.3 Å². The van der Waals surface area contributed by atoms with Crippen molar-refractivity contribution in [2.75, 3.05) is 12.3 Å². The number of sulfonamides is 1. The van der Waals surface area contributed by atoms with Crippen LogP contribution in [0.15, 0.2) is 30.3 Å². The average Bonchev–Trinajstić information content (AvgIpc) is 2.36. The molecule has 0 bridgehead atoms. The van der Waals surface area contributed by atoms with Crippen LogP contribution in [0.4, 0.5) is 0 Å². The zero-order valence-corrected chi connectivity index (χ0v) is 11.1. The zero-order valence-electron chi connectivity index (χ0n) is 10.3. The Labute approximate surface area is 112 Å². The molecule has 0 fully saturated rings. The molecule has 0 saturated heterocycles. The Kier molecular flexibility index (Phi) is 5.94. The highest BCUT2D eigenvalue weighted by Crippen LogP contribution is 2.11. The van der Waals surface area contributed by atoms with Gasteiger partial charge in [-0.15, -0.1) is 0 Å². The van der Waals surface area contributed by atoms with Crippen molar-refractivity contribution in [1.29, 1.82) is 0 Å². The number of aliphatic hydroxyl groups is 1. The highest BCUT2D eigenvalue weighted by molar-refractivity contribution is 7.89. The van der Waals surface area contributed by atoms with E-state index in [2.05, 4.69) is 4.72 Å². The molecule has 0 amide bonds. The molecule has 106 valence electrons. The summed E-state index contributed by atoms with van der Waals surface area (Å²) in [6.45, 7) is -0.126. The minimum Gasteiger partial charge on any atom is -0.481 e. The smallest absolute Gasteiger partial charge is 0.303 e. The van der Waals surface area contributed by atoms with E-state index in [1.165, 1.54) is 0 Å². The molecule has 0 heterocycles. The van der Waals surface area contributed by atoms with Crippen molar-refractivity contribution in [3.8, 4) is 0 Å². The maximum atomic E-state index is 11.5. The van der Waals surface area contributed by atoms with Crippen molar-refractivity contribution < 1.29 is 23.4 Å². The molecule has 0 radical (unpaired) electrons. The predicted molar refractivity (Wildman–Crippen MR) is 70.1 cm³/mol. The number of benzene rings is 1. The van der Waals surface area contributed by atoms with Crippen LogP contribution < -0.4 is 4.72 Å². The largest absolute Gasteiger partial charge is 0.481 e. The summed E-state index contributed by atoms with van der Waals surface area (Å²) in [5.41, 5.74) is 0.621. The lowest BCUT2D eigenvalue weighted by Gasteiger charge is -2.12. The summed E-state index contributed by atoms with van der Waals surface area (Å²) in [7, 11) is -3.55. The third-order valence-corrected chi connectivity index (χ3v) is 3.92. The van der Waals surface area contributed by atoms with Gasteiger partial charge in [0.1, 0.15) is 0 Å². The molecule has 1 aromatic carbocycles. The lowest BCUT2D eigenvalue weighted by atomic mass is 10.1. The summed E-state index contributed by atoms with van der Waals surface area (Å²) >= 11 is 0. The fraction of sp³-hybridized carbons (Fsp3) is 0.417. The van der Waals surface area contributed by atoms with Crippen LogP contribution in [0.25, 0.3) is 0 Å². The molecule has 7 heteroatoms. The van der Waals surface area contributed by atoms with Gasteiger partial charge in [0.2, 0.25) is 10.0 Å². The van der Waals surface area contributed by atoms with Gasteiger partial charge < -0.3 is 10.2 Å². The number of aliphatic hydroxyl groups excluding tert-OH is 1. The molecule has 0 aliphatic rings. The van der Waals surface area contributed by atoms with E-state index in [4.69, 9.17) is 5.11 Å². The molecule has 1 aromatic rings. The van der Waals surface area contributed by atoms with Crippen LogP contribution in [-0.4, -0.2) is 36.9 Å². The van der Waals surface area contributed by atoms with E-state index < -0.39 is 22.1 Å². The van der Waals surface area contributed by atoms with E-state index in [0.29, 0.717) is 5.56 Å². The maximum Gasteiger partial charge on any atom is 0.303 e. The molecule has 0 aliphatic heterocycles. The summed E-state index contributed by atoms with van der Waals surface area (Å²) in [5.74, 6) is -1.29. The Hall–Kier alpha value is -1.44. The van der Waals surface area contributed by atoms with Gasteiger partial charge in [-0.05, 0) is 12.0 Å². The summed E-state index contributed by atoms with van der Waals surface area (Å²) < 4.78 is 25.3. The van der Waals surface area contributed by atoms with Crippen molar-refractivity contribution >= 4 is 16.0 Å². The van der Waals surface area contributed by atoms with Crippen molar-refractivity contribution in [3.05, 3.63) is 35.9 Å². The topological polar surface area (TPSA) is 104 Å². The molecule has 1 unspecified atom stereocenters. The Morgan fingerprint density at radius 1 is 1.26 bits per heavy atom. The van der Waals surface area contributed by atoms with Gasteiger partial charge >= 0.3 is 5.97 Å². The summed E-state index contributed by atoms with van der Waals surface area (Å²) in [6, 6.07) is 8.69. The van der Waals surface area contributed by atoms with E-state index in [1.54, 1.807) is 30.3 Å². The van der Waals surface area contributed by atoms with Crippen molar-refractivity contribution in [1.82, 2.24) is 4.72 Å². The number of rotatable bonds is 8. The fourth-order valence-electron chi connectivity index (χ4n) is 1.48. The molecular formula is C12H17NO5S. The van der Waals surface area contributed by atoms with Gasteiger partial charge in [0.15, 0.2) is 0 Å². The van der Waals surface area contributed by atoms with Crippen LogP contribution in [-0.2, 0) is 14.8 Å². The van der Waals surface area contributed by atoms with Gasteiger partial charge in [-0.25, -0.2) is 13.1 Å². The first kappa shape index (κ1) is 15.6. The van der Waals surface area contributed by atoms with Crippen molar-refractivity contribution in [2.24, 2.45) is 0 Å². The van der Waals surface area contributed by atoms with Crippen LogP contribution in [0.5, 0.6) is 0 Å². The first-order chi connectivity index (χ1) is 8.91. The number of carboxylic acid groups (broad SMARTS) is 1. The molecule has 0 spiro atoms. The molecule has 0 aromatic heterocycles. The maximum absolute atomic E-state index is 11.5. The molecule has 0 aliphatic carbocycles. The van der Waals surface area contributed by atoms with Gasteiger partial charge in [0.05, 0.1) is 11.9 Å². The standard InChI is InChI=1S/C12H17NO5S/c14-11(10-5-2-1-3-6-10)9-13-19(17,18)8-4-7-12(15)16/h1-3,5-6,11,13-14H,4,7-9H2,(H,15,16). The minimum absolute atomic E-state index is 0.0477. The summed E-state index contributed by atoms with van der Waals surface area (Å²) in [6.07, 6.45) is -1.07. The molecule has 19 heavy (non-hydrogen) atoms. The van der Waals surface area contributed by atoms with Crippen LogP contribution >= 0.6 is 0 Å². The number of carbonyl (C=O) groups is 1. The number of hydrogen-bond acceptors (Lipinski definition) is 4. The Balaban J connectivity index is 2.40. The Morgan fingerprint density at radius 2 is 1.89 bits per heavy atom. The van der Waals surface area contributed by atoms with Gasteiger partial charge in [-0.2, -0.15) is 0 Å². The lowest BCUT2D eigenvalue weighted by molar-refractivity contribution is -0.137.